The van der Waals surface area contributed by atoms with Gasteiger partial charge >= 0.3 is 12.1 Å². The Kier molecular flexibility index (Phi) is 9.74. The smallest absolute Gasteiger partial charge is 0.475 e. The van der Waals surface area contributed by atoms with Crippen LogP contribution in [0, 0.1) is 0 Å². The number of nitrogens with one attached hydrogen (secondary N) is 3. The summed E-state index contributed by atoms with van der Waals surface area (Å²) in [6.45, 7) is 5.43. The van der Waals surface area contributed by atoms with Crippen LogP contribution in [-0.2, 0) is 14.8 Å². The first-order chi connectivity index (χ1) is 16.3. The number of anilines is 2. The molecule has 0 aliphatic carbocycles. The van der Waals surface area contributed by atoms with Gasteiger partial charge in [0, 0.05) is 43.3 Å². The molecule has 0 aromatic heterocycles. The van der Waals surface area contributed by atoms with E-state index in [2.05, 4.69) is 20.3 Å². The second-order valence-electron chi connectivity index (χ2n) is 7.19. The van der Waals surface area contributed by atoms with E-state index in [9.17, 15) is 26.4 Å². The summed E-state index contributed by atoms with van der Waals surface area (Å²) >= 11 is 5.86. The highest BCUT2D eigenvalue weighted by molar-refractivity contribution is 7.92. The van der Waals surface area contributed by atoms with Crippen molar-refractivity contribution in [2.45, 2.75) is 18.0 Å². The second kappa shape index (κ2) is 12.1. The Bertz CT molecular complexity index is 1140. The van der Waals surface area contributed by atoms with E-state index in [4.69, 9.17) is 21.5 Å². The molecule has 0 atom stereocenters. The van der Waals surface area contributed by atoms with Crippen LogP contribution in [0.15, 0.2) is 47.4 Å². The molecule has 4 N–H and O–H groups in total. The van der Waals surface area contributed by atoms with E-state index in [0.29, 0.717) is 22.8 Å². The van der Waals surface area contributed by atoms with Gasteiger partial charge < -0.3 is 20.6 Å². The van der Waals surface area contributed by atoms with Gasteiger partial charge in [0.25, 0.3) is 15.9 Å². The summed E-state index contributed by atoms with van der Waals surface area (Å²) in [6.07, 6.45) is -5.08. The molecule has 0 spiro atoms. The highest BCUT2D eigenvalue weighted by Gasteiger charge is 2.38. The van der Waals surface area contributed by atoms with Crippen LogP contribution in [0.5, 0.6) is 0 Å². The third-order valence-corrected chi connectivity index (χ3v) is 6.30. The van der Waals surface area contributed by atoms with Crippen LogP contribution in [0.4, 0.5) is 24.5 Å². The number of nitrogens with zero attached hydrogens (tertiary/aromatic N) is 1. The van der Waals surface area contributed by atoms with Gasteiger partial charge in [-0.1, -0.05) is 11.6 Å². The molecule has 0 radical (unpaired) electrons. The van der Waals surface area contributed by atoms with Crippen molar-refractivity contribution in [3.8, 4) is 0 Å². The van der Waals surface area contributed by atoms with Crippen molar-refractivity contribution in [1.29, 1.82) is 0 Å². The number of carbonyl (C=O) groups excluding carboxylic acids is 1. The highest BCUT2D eigenvalue weighted by Crippen LogP contribution is 2.30. The molecular formula is C21H24ClF3N4O5S. The maximum absolute atomic E-state index is 12.9. The minimum absolute atomic E-state index is 0.103. The molecule has 1 aliphatic rings. The van der Waals surface area contributed by atoms with Crippen molar-refractivity contribution in [1.82, 2.24) is 10.6 Å². The summed E-state index contributed by atoms with van der Waals surface area (Å²) in [5.74, 6) is -3.01. The molecule has 0 unspecified atom stereocenters. The number of rotatable bonds is 6. The van der Waals surface area contributed by atoms with Crippen LogP contribution in [0.3, 0.4) is 0 Å². The first kappa shape index (κ1) is 28.2. The maximum atomic E-state index is 12.9. The monoisotopic (exact) mass is 536 g/mol. The molecule has 9 nitrogen and oxygen atoms in total. The third-order valence-electron chi connectivity index (χ3n) is 4.66. The minimum atomic E-state index is -5.08. The van der Waals surface area contributed by atoms with Gasteiger partial charge in [0.1, 0.15) is 0 Å². The Hall–Kier alpha value is -3.03. The second-order valence-corrected chi connectivity index (χ2v) is 9.31. The molecule has 1 amide bonds. The standard InChI is InChI=1S/C19H23ClN4O3S.C2HF3O2/c1-2-22-19(25)14-3-8-18(24-11-9-21-10-12-24)17(13-14)23-28(26,27)16-6-4-15(20)5-7-16;3-2(4,5)1(6)7/h3-8,13,21,23H,2,9-12H2,1H3,(H,22,25);(H,6,7). The molecule has 2 aromatic carbocycles. The number of piperazine rings is 1. The van der Waals surface area contributed by atoms with Gasteiger partial charge in [0.05, 0.1) is 16.3 Å². The van der Waals surface area contributed by atoms with Crippen molar-refractivity contribution in [2.75, 3.05) is 42.3 Å². The molecule has 1 heterocycles. The Morgan fingerprint density at radius 3 is 2.20 bits per heavy atom. The Morgan fingerprint density at radius 2 is 1.69 bits per heavy atom. The normalized spacial score (nSPS) is 13.9. The highest BCUT2D eigenvalue weighted by atomic mass is 35.5. The van der Waals surface area contributed by atoms with Gasteiger partial charge in [0.2, 0.25) is 0 Å². The molecule has 0 bridgehead atoms. The van der Waals surface area contributed by atoms with Crippen LogP contribution in [0.1, 0.15) is 17.3 Å². The molecule has 0 saturated carbocycles. The van der Waals surface area contributed by atoms with Crippen LogP contribution in [-0.4, -0.2) is 64.3 Å². The molecule has 3 rings (SSSR count). The molecular weight excluding hydrogens is 513 g/mol. The van der Waals surface area contributed by atoms with E-state index in [1.165, 1.54) is 24.3 Å². The molecule has 192 valence electrons. The average molecular weight is 537 g/mol. The predicted molar refractivity (Wildman–Crippen MR) is 125 cm³/mol. The summed E-state index contributed by atoms with van der Waals surface area (Å²) in [4.78, 5) is 23.3. The van der Waals surface area contributed by atoms with Crippen LogP contribution in [0.25, 0.3) is 0 Å². The van der Waals surface area contributed by atoms with Gasteiger partial charge in [-0.2, -0.15) is 13.2 Å². The van der Waals surface area contributed by atoms with E-state index in [-0.39, 0.29) is 10.8 Å². The van der Waals surface area contributed by atoms with E-state index in [0.717, 1.165) is 31.9 Å². The number of alkyl halides is 3. The number of hydrogen-bond donors (Lipinski definition) is 4. The molecule has 35 heavy (non-hydrogen) atoms. The number of benzene rings is 2. The first-order valence-corrected chi connectivity index (χ1v) is 12.2. The fourth-order valence-electron chi connectivity index (χ4n) is 3.02. The number of carboxylic acids is 1. The van der Waals surface area contributed by atoms with Gasteiger partial charge in [-0.3, -0.25) is 9.52 Å². The van der Waals surface area contributed by atoms with Crippen LogP contribution < -0.4 is 20.3 Å². The van der Waals surface area contributed by atoms with Gasteiger partial charge in [-0.25, -0.2) is 13.2 Å². The van der Waals surface area contributed by atoms with Gasteiger partial charge in [0.15, 0.2) is 0 Å². The molecule has 14 heteroatoms. The fourth-order valence-corrected chi connectivity index (χ4v) is 4.21. The number of aliphatic carboxylic acids is 1. The van der Waals surface area contributed by atoms with Crippen molar-refractivity contribution < 1.29 is 36.3 Å². The predicted octanol–water partition coefficient (Wildman–Crippen LogP) is 2.93. The number of hydrogen-bond acceptors (Lipinski definition) is 6. The SMILES string of the molecule is CCNC(=O)c1ccc(N2CCNCC2)c(NS(=O)(=O)c2ccc(Cl)cc2)c1.O=C(O)C(F)(F)F. The first-order valence-electron chi connectivity index (χ1n) is 10.3. The lowest BCUT2D eigenvalue weighted by Crippen LogP contribution is -2.43. The van der Waals surface area contributed by atoms with Crippen molar-refractivity contribution in [3.63, 3.8) is 0 Å². The fraction of sp³-hybridized carbons (Fsp3) is 0.333. The maximum Gasteiger partial charge on any atom is 0.490 e. The number of amides is 1. The molecule has 1 aliphatic heterocycles. The number of carboxylic acid groups (broad SMARTS) is 1. The third kappa shape index (κ3) is 8.30. The zero-order valence-corrected chi connectivity index (χ0v) is 20.1. The summed E-state index contributed by atoms with van der Waals surface area (Å²) < 4.78 is 60.1. The van der Waals surface area contributed by atoms with E-state index < -0.39 is 22.2 Å². The molecule has 1 saturated heterocycles. The van der Waals surface area contributed by atoms with E-state index in [1.807, 2.05) is 6.92 Å². The lowest BCUT2D eigenvalue weighted by molar-refractivity contribution is -0.192. The zero-order chi connectivity index (χ0) is 26.2. The van der Waals surface area contributed by atoms with Gasteiger partial charge in [-0.15, -0.1) is 0 Å². The lowest BCUT2D eigenvalue weighted by Gasteiger charge is -2.31. The number of carbonyl (C=O) groups is 2. The van der Waals surface area contributed by atoms with Gasteiger partial charge in [-0.05, 0) is 49.4 Å². The number of sulfonamides is 1. The van der Waals surface area contributed by atoms with Crippen LogP contribution in [0.2, 0.25) is 5.02 Å². The Balaban J connectivity index is 0.000000540. The average Bonchev–Trinajstić information content (AvgIpc) is 2.79. The zero-order valence-electron chi connectivity index (χ0n) is 18.5. The minimum Gasteiger partial charge on any atom is -0.475 e. The molecule has 1 fully saturated rings. The van der Waals surface area contributed by atoms with E-state index in [1.54, 1.807) is 18.2 Å². The van der Waals surface area contributed by atoms with Crippen molar-refractivity contribution in [2.24, 2.45) is 0 Å². The number of halogens is 4. The van der Waals surface area contributed by atoms with Crippen LogP contribution >= 0.6 is 11.6 Å². The largest absolute Gasteiger partial charge is 0.490 e. The summed E-state index contributed by atoms with van der Waals surface area (Å²) in [7, 11) is -3.83. The Morgan fingerprint density at radius 1 is 1.11 bits per heavy atom. The van der Waals surface area contributed by atoms with Crippen molar-refractivity contribution in [3.05, 3.63) is 53.1 Å². The quantitative estimate of drug-likeness (QED) is 0.447. The summed E-state index contributed by atoms with van der Waals surface area (Å²) in [5, 5.41) is 13.6. The Labute approximate surface area is 205 Å². The lowest BCUT2D eigenvalue weighted by atomic mass is 10.1. The summed E-state index contributed by atoms with van der Waals surface area (Å²) in [5.41, 5.74) is 1.52. The van der Waals surface area contributed by atoms with Crippen molar-refractivity contribution >= 4 is 44.9 Å². The topological polar surface area (TPSA) is 128 Å². The molecule has 2 aromatic rings. The summed E-state index contributed by atoms with van der Waals surface area (Å²) in [6, 6.07) is 11.0. The van der Waals surface area contributed by atoms with E-state index >= 15 is 0 Å².